The molecule has 19 heteroatoms. The van der Waals surface area contributed by atoms with Crippen LogP contribution in [-0.2, 0) is 24.6 Å². The van der Waals surface area contributed by atoms with Crippen molar-refractivity contribution in [2.24, 2.45) is 23.7 Å². The highest BCUT2D eigenvalue weighted by atomic mass is 35.5. The van der Waals surface area contributed by atoms with Gasteiger partial charge in [-0.3, -0.25) is 44.8 Å². The molecule has 2 aliphatic heterocycles. The molecule has 0 radical (unpaired) electrons. The first-order chi connectivity index (χ1) is 28.5. The van der Waals surface area contributed by atoms with Crippen LogP contribution in [0.3, 0.4) is 0 Å². The van der Waals surface area contributed by atoms with E-state index in [9.17, 15) is 34.9 Å². The third kappa shape index (κ3) is 6.03. The van der Waals surface area contributed by atoms with Gasteiger partial charge in [-0.1, -0.05) is 64.7 Å². The Morgan fingerprint density at radius 3 is 2.10 bits per heavy atom. The number of nitro benzene ring substituents is 2. The van der Waals surface area contributed by atoms with Gasteiger partial charge in [-0.25, -0.2) is 4.90 Å². The Hall–Kier alpha value is -6.23. The molecule has 0 bridgehead atoms. The minimum absolute atomic E-state index is 0.0302. The minimum atomic E-state index is -1.75. The summed E-state index contributed by atoms with van der Waals surface area (Å²) in [5.74, 6) is -7.96. The number of carbonyl (C=O) groups is 4. The lowest BCUT2D eigenvalue weighted by atomic mass is 9.49. The Bertz CT molecular complexity index is 2570. The Morgan fingerprint density at radius 1 is 0.850 bits per heavy atom. The normalized spacial score (nSPS) is 24.4. The molecular formula is C41H33Cl3N6O10. The van der Waals surface area contributed by atoms with E-state index in [4.69, 9.17) is 39.5 Å². The van der Waals surface area contributed by atoms with Crippen LogP contribution in [0.25, 0.3) is 0 Å². The molecule has 0 spiro atoms. The average molecular weight is 876 g/mol. The molecule has 6 unspecified atom stereocenters. The number of methoxy groups -OCH3 is 1. The van der Waals surface area contributed by atoms with Gasteiger partial charge in [0.25, 0.3) is 11.8 Å². The second-order valence-electron chi connectivity index (χ2n) is 15.2. The van der Waals surface area contributed by atoms with Crippen LogP contribution in [0.15, 0.2) is 84.4 Å². The summed E-state index contributed by atoms with van der Waals surface area (Å²) in [5, 5.41) is 36.3. The number of nitrogens with zero attached hydrogens (tertiary/aromatic N) is 5. The van der Waals surface area contributed by atoms with Crippen molar-refractivity contribution >= 4 is 86.9 Å². The second kappa shape index (κ2) is 14.8. The second-order valence-corrected chi connectivity index (χ2v) is 16.4. The third-order valence-electron chi connectivity index (χ3n) is 12.0. The van der Waals surface area contributed by atoms with Crippen molar-refractivity contribution in [2.45, 2.75) is 24.2 Å². The molecule has 1 saturated carbocycles. The number of phenolic OH excluding ortho intramolecular Hbond substituents is 1. The standard InChI is InChI=1S/C41H33Cl3N6O10/c1-46(2)36-32(49(56)57)15-21(16-33(36)50(58)59)47-37(52)26-12-11-24-27(34(26)39(47)54)18-28-38(53)48(45-31-13-6-20(42)14-30(31)44)40(55)41(28,19-4-8-23(60-3)9-5-19)35(24)25-10-7-22(51)17-29(25)43/h4-11,13-17,26-28,34-35,45,51H,12,18H2,1-3H3. The van der Waals surface area contributed by atoms with Crippen LogP contribution >= 0.6 is 34.8 Å². The molecule has 3 fully saturated rings. The fourth-order valence-corrected chi connectivity index (χ4v) is 10.4. The zero-order valence-electron chi connectivity index (χ0n) is 31.8. The number of anilines is 3. The molecule has 2 saturated heterocycles. The molecule has 308 valence electrons. The largest absolute Gasteiger partial charge is 0.508 e. The molecule has 4 aromatic rings. The monoisotopic (exact) mass is 874 g/mol. The molecule has 2 aliphatic carbocycles. The quantitative estimate of drug-likeness (QED) is 0.0729. The smallest absolute Gasteiger partial charge is 0.301 e. The zero-order chi connectivity index (χ0) is 43.1. The van der Waals surface area contributed by atoms with Gasteiger partial charge >= 0.3 is 11.4 Å². The molecule has 0 aromatic heterocycles. The van der Waals surface area contributed by atoms with Crippen LogP contribution in [0.4, 0.5) is 28.4 Å². The number of nitrogens with one attached hydrogen (secondary N) is 1. The number of benzene rings is 4. The van der Waals surface area contributed by atoms with Crippen LogP contribution in [0.5, 0.6) is 11.5 Å². The molecule has 60 heavy (non-hydrogen) atoms. The lowest BCUT2D eigenvalue weighted by molar-refractivity contribution is -0.392. The summed E-state index contributed by atoms with van der Waals surface area (Å²) in [7, 11) is 4.26. The highest BCUT2D eigenvalue weighted by molar-refractivity contribution is 6.36. The van der Waals surface area contributed by atoms with Crippen molar-refractivity contribution in [3.8, 4) is 11.5 Å². The molecule has 8 rings (SSSR count). The maximum Gasteiger partial charge on any atom is 0.301 e. The molecule has 4 aliphatic rings. The van der Waals surface area contributed by atoms with Gasteiger partial charge < -0.3 is 14.7 Å². The molecular weight excluding hydrogens is 843 g/mol. The van der Waals surface area contributed by atoms with Gasteiger partial charge in [-0.2, -0.15) is 5.01 Å². The molecule has 4 amide bonds. The number of imide groups is 2. The van der Waals surface area contributed by atoms with Crippen LogP contribution in [0.2, 0.25) is 15.1 Å². The van der Waals surface area contributed by atoms with Crippen molar-refractivity contribution < 1.29 is 38.9 Å². The summed E-state index contributed by atoms with van der Waals surface area (Å²) in [5.41, 5.74) is 0.558. The number of nitro groups is 2. The van der Waals surface area contributed by atoms with Crippen molar-refractivity contribution in [1.82, 2.24) is 5.01 Å². The number of carbonyl (C=O) groups excluding carboxylic acids is 4. The number of rotatable bonds is 9. The van der Waals surface area contributed by atoms with E-state index in [1.54, 1.807) is 36.4 Å². The van der Waals surface area contributed by atoms with Crippen LogP contribution in [-0.4, -0.2) is 64.8 Å². The van der Waals surface area contributed by atoms with Crippen molar-refractivity contribution in [2.75, 3.05) is 36.4 Å². The number of ether oxygens (including phenoxy) is 1. The summed E-state index contributed by atoms with van der Waals surface area (Å²) in [4.78, 5) is 84.4. The fraction of sp³-hybridized carbons (Fsp3) is 0.268. The number of aromatic hydroxyl groups is 1. The molecule has 2 N–H and O–H groups in total. The first-order valence-electron chi connectivity index (χ1n) is 18.5. The van der Waals surface area contributed by atoms with E-state index in [0.717, 1.165) is 22.0 Å². The van der Waals surface area contributed by atoms with E-state index in [2.05, 4.69) is 5.43 Å². The van der Waals surface area contributed by atoms with E-state index in [-0.39, 0.29) is 45.7 Å². The lowest BCUT2D eigenvalue weighted by Crippen LogP contribution is -2.53. The highest BCUT2D eigenvalue weighted by Gasteiger charge is 2.70. The minimum Gasteiger partial charge on any atom is -0.508 e. The number of amides is 4. The van der Waals surface area contributed by atoms with E-state index in [1.807, 2.05) is 0 Å². The van der Waals surface area contributed by atoms with Gasteiger partial charge in [0.15, 0.2) is 5.69 Å². The highest BCUT2D eigenvalue weighted by Crippen LogP contribution is 2.65. The maximum atomic E-state index is 15.5. The van der Waals surface area contributed by atoms with E-state index in [1.165, 1.54) is 56.4 Å². The number of hydrazine groups is 1. The van der Waals surface area contributed by atoms with Gasteiger partial charge in [0, 0.05) is 42.2 Å². The predicted molar refractivity (Wildman–Crippen MR) is 220 cm³/mol. The summed E-state index contributed by atoms with van der Waals surface area (Å²) >= 11 is 19.6. The van der Waals surface area contributed by atoms with E-state index >= 15 is 9.59 Å². The number of fused-ring (bicyclic) bond motifs is 4. The van der Waals surface area contributed by atoms with Crippen LogP contribution in [0, 0.1) is 43.9 Å². The van der Waals surface area contributed by atoms with E-state index in [0.29, 0.717) is 27.5 Å². The first-order valence-corrected chi connectivity index (χ1v) is 19.6. The van der Waals surface area contributed by atoms with Gasteiger partial charge in [-0.15, -0.1) is 0 Å². The first kappa shape index (κ1) is 40.5. The van der Waals surface area contributed by atoms with Gasteiger partial charge in [0.05, 0.1) is 56.5 Å². The van der Waals surface area contributed by atoms with Gasteiger partial charge in [0.2, 0.25) is 11.8 Å². The Kier molecular flexibility index (Phi) is 10.00. The number of halogens is 3. The summed E-state index contributed by atoms with van der Waals surface area (Å²) in [6.45, 7) is 0. The van der Waals surface area contributed by atoms with Crippen LogP contribution in [0.1, 0.15) is 29.9 Å². The summed E-state index contributed by atoms with van der Waals surface area (Å²) in [6, 6.07) is 17.3. The van der Waals surface area contributed by atoms with Crippen LogP contribution < -0.4 is 20.0 Å². The SMILES string of the molecule is COc1ccc(C23C(=O)N(Nc4ccc(Cl)cc4Cl)C(=O)C2CC2C(=CCC4C(=O)N(c5cc([N+](=O)[O-])c(N(C)C)c([N+](=O)[O-])c5)C(=O)C42)C3c2ccc(O)cc2Cl)cc1. The topological polar surface area (TPSA) is 206 Å². The number of hydrogen-bond acceptors (Lipinski definition) is 12. The lowest BCUT2D eigenvalue weighted by Gasteiger charge is -2.50. The molecule has 16 nitrogen and oxygen atoms in total. The van der Waals surface area contributed by atoms with Gasteiger partial charge in [-0.05, 0) is 72.4 Å². The zero-order valence-corrected chi connectivity index (χ0v) is 34.1. The van der Waals surface area contributed by atoms with Crippen molar-refractivity contribution in [3.63, 3.8) is 0 Å². The Labute approximate surface area is 356 Å². The third-order valence-corrected chi connectivity index (χ3v) is 12.9. The predicted octanol–water partition coefficient (Wildman–Crippen LogP) is 7.43. The Balaban J connectivity index is 1.32. The molecule has 4 aromatic carbocycles. The summed E-state index contributed by atoms with van der Waals surface area (Å²) in [6.07, 6.45) is 1.60. The number of hydrogen-bond donors (Lipinski definition) is 2. The van der Waals surface area contributed by atoms with Crippen molar-refractivity contribution in [3.05, 3.63) is 131 Å². The van der Waals surface area contributed by atoms with Crippen molar-refractivity contribution in [1.29, 1.82) is 0 Å². The molecule has 2 heterocycles. The fourth-order valence-electron chi connectivity index (χ4n) is 9.65. The summed E-state index contributed by atoms with van der Waals surface area (Å²) < 4.78 is 5.43. The molecule has 6 atom stereocenters. The number of phenols is 1. The Morgan fingerprint density at radius 2 is 1.52 bits per heavy atom. The van der Waals surface area contributed by atoms with Gasteiger partial charge in [0.1, 0.15) is 11.5 Å². The maximum absolute atomic E-state index is 15.5. The van der Waals surface area contributed by atoms with E-state index < -0.39 is 79.9 Å². The number of allylic oxidation sites excluding steroid dienone is 2. The average Bonchev–Trinajstić information content (AvgIpc) is 3.59.